The third-order valence-corrected chi connectivity index (χ3v) is 5.35. The molecule has 0 saturated carbocycles. The van der Waals surface area contributed by atoms with E-state index in [9.17, 15) is 0 Å². The Morgan fingerprint density at radius 1 is 1.03 bits per heavy atom. The first kappa shape index (κ1) is 27.2. The summed E-state index contributed by atoms with van der Waals surface area (Å²) in [6, 6.07) is 14.9. The number of nitrogens with zero attached hydrogens (tertiary/aromatic N) is 2. The van der Waals surface area contributed by atoms with Crippen molar-refractivity contribution in [3.63, 3.8) is 0 Å². The van der Waals surface area contributed by atoms with Crippen LogP contribution in [0.15, 0.2) is 47.5 Å². The van der Waals surface area contributed by atoms with Gasteiger partial charge in [-0.05, 0) is 43.2 Å². The largest absolute Gasteiger partial charge is 0.491 e. The van der Waals surface area contributed by atoms with Gasteiger partial charge < -0.3 is 29.7 Å². The first-order chi connectivity index (χ1) is 15.7. The zero-order valence-corrected chi connectivity index (χ0v) is 22.3. The lowest BCUT2D eigenvalue weighted by molar-refractivity contribution is 0.110. The van der Waals surface area contributed by atoms with Gasteiger partial charge in [0.1, 0.15) is 12.4 Å². The van der Waals surface area contributed by atoms with Crippen molar-refractivity contribution in [3.8, 4) is 5.75 Å². The van der Waals surface area contributed by atoms with E-state index in [1.807, 2.05) is 6.92 Å². The molecule has 0 aliphatic carbocycles. The highest BCUT2D eigenvalue weighted by Gasteiger charge is 2.11. The van der Waals surface area contributed by atoms with Gasteiger partial charge in [-0.1, -0.05) is 24.3 Å². The van der Waals surface area contributed by atoms with E-state index in [1.165, 1.54) is 16.8 Å². The Hall–Kier alpha value is -2.04. The molecule has 0 radical (unpaired) electrons. The Bertz CT molecular complexity index is 855. The van der Waals surface area contributed by atoms with E-state index in [-0.39, 0.29) is 24.0 Å². The first-order valence-electron chi connectivity index (χ1n) is 11.4. The van der Waals surface area contributed by atoms with Gasteiger partial charge in [-0.15, -0.1) is 24.0 Å². The van der Waals surface area contributed by atoms with E-state index in [1.54, 1.807) is 7.05 Å². The molecule has 182 valence electrons. The summed E-state index contributed by atoms with van der Waals surface area (Å²) in [7, 11) is 1.78. The Morgan fingerprint density at radius 2 is 1.76 bits per heavy atom. The van der Waals surface area contributed by atoms with E-state index < -0.39 is 0 Å². The predicted molar refractivity (Wildman–Crippen MR) is 145 cm³/mol. The molecule has 8 heteroatoms. The van der Waals surface area contributed by atoms with E-state index >= 15 is 0 Å². The second kappa shape index (κ2) is 15.0. The number of aryl methyl sites for hydroxylation is 1. The molecule has 0 amide bonds. The Balaban J connectivity index is 0.00000385. The van der Waals surface area contributed by atoms with Crippen molar-refractivity contribution in [2.75, 3.05) is 58.1 Å². The number of morpholine rings is 1. The molecule has 2 aromatic carbocycles. The van der Waals surface area contributed by atoms with Gasteiger partial charge in [-0.3, -0.25) is 4.99 Å². The number of guanidine groups is 1. The molecule has 2 N–H and O–H groups in total. The van der Waals surface area contributed by atoms with Gasteiger partial charge in [-0.25, -0.2) is 0 Å². The highest BCUT2D eigenvalue weighted by Crippen LogP contribution is 2.20. The minimum atomic E-state index is 0. The minimum absolute atomic E-state index is 0. The van der Waals surface area contributed by atoms with Crippen LogP contribution >= 0.6 is 24.0 Å². The normalized spacial score (nSPS) is 13.9. The van der Waals surface area contributed by atoms with E-state index in [0.717, 1.165) is 43.6 Å². The average Bonchev–Trinajstić information content (AvgIpc) is 2.84. The fourth-order valence-electron chi connectivity index (χ4n) is 3.53. The van der Waals surface area contributed by atoms with Crippen LogP contribution in [-0.2, 0) is 22.6 Å². The molecule has 1 heterocycles. The van der Waals surface area contributed by atoms with Crippen molar-refractivity contribution in [2.45, 2.75) is 26.9 Å². The lowest BCUT2D eigenvalue weighted by atomic mass is 10.1. The summed E-state index contributed by atoms with van der Waals surface area (Å²) >= 11 is 0. The highest BCUT2D eigenvalue weighted by atomic mass is 127. The van der Waals surface area contributed by atoms with E-state index in [4.69, 9.17) is 14.2 Å². The molecular weight excluding hydrogens is 531 g/mol. The lowest BCUT2D eigenvalue weighted by Crippen LogP contribution is -2.36. The molecule has 7 nitrogen and oxygen atoms in total. The van der Waals surface area contributed by atoms with Crippen LogP contribution in [0, 0.1) is 6.92 Å². The number of aliphatic imine (C=N–C) groups is 1. The number of benzene rings is 2. The van der Waals surface area contributed by atoms with Gasteiger partial charge in [0.05, 0.1) is 19.8 Å². The van der Waals surface area contributed by atoms with Crippen LogP contribution in [0.1, 0.15) is 23.6 Å². The van der Waals surface area contributed by atoms with Crippen molar-refractivity contribution in [1.82, 2.24) is 10.6 Å². The number of nitrogens with one attached hydrogen (secondary N) is 2. The molecule has 0 unspecified atom stereocenters. The quantitative estimate of drug-likeness (QED) is 0.197. The van der Waals surface area contributed by atoms with Crippen molar-refractivity contribution in [1.29, 1.82) is 0 Å². The SMILES string of the molecule is CCOCCOc1cc(C)ccc1CNC(=NC)NCc1ccc(N2CCOCC2)cc1.I. The number of anilines is 1. The second-order valence-corrected chi connectivity index (χ2v) is 7.70. The smallest absolute Gasteiger partial charge is 0.191 e. The Labute approximate surface area is 214 Å². The first-order valence-corrected chi connectivity index (χ1v) is 11.4. The molecule has 3 rings (SSSR count). The van der Waals surface area contributed by atoms with Crippen LogP contribution in [0.4, 0.5) is 5.69 Å². The van der Waals surface area contributed by atoms with Gasteiger partial charge >= 0.3 is 0 Å². The van der Waals surface area contributed by atoms with Crippen LogP contribution in [0.25, 0.3) is 0 Å². The fraction of sp³-hybridized carbons (Fsp3) is 0.480. The molecule has 2 aromatic rings. The van der Waals surface area contributed by atoms with Gasteiger partial charge in [-0.2, -0.15) is 0 Å². The average molecular weight is 569 g/mol. The number of ether oxygens (including phenoxy) is 3. The summed E-state index contributed by atoms with van der Waals surface area (Å²) in [6.07, 6.45) is 0. The number of rotatable bonds is 10. The van der Waals surface area contributed by atoms with Crippen molar-refractivity contribution >= 4 is 35.6 Å². The van der Waals surface area contributed by atoms with Gasteiger partial charge in [0.15, 0.2) is 5.96 Å². The van der Waals surface area contributed by atoms with E-state index in [0.29, 0.717) is 32.9 Å². The maximum atomic E-state index is 5.94. The van der Waals surface area contributed by atoms with Crippen molar-refractivity contribution < 1.29 is 14.2 Å². The molecule has 0 spiro atoms. The summed E-state index contributed by atoms with van der Waals surface area (Å²) in [5.74, 6) is 1.63. The van der Waals surface area contributed by atoms with Crippen LogP contribution in [0.5, 0.6) is 5.75 Å². The molecule has 0 aromatic heterocycles. The van der Waals surface area contributed by atoms with Crippen LogP contribution in [0.3, 0.4) is 0 Å². The molecule has 0 atom stereocenters. The van der Waals surface area contributed by atoms with Gasteiger partial charge in [0, 0.05) is 51.1 Å². The molecule has 1 saturated heterocycles. The monoisotopic (exact) mass is 568 g/mol. The molecule has 33 heavy (non-hydrogen) atoms. The summed E-state index contributed by atoms with van der Waals surface area (Å²) < 4.78 is 16.8. The molecule has 1 aliphatic rings. The Kier molecular flexibility index (Phi) is 12.3. The van der Waals surface area contributed by atoms with Crippen LogP contribution in [-0.4, -0.2) is 59.1 Å². The molecular formula is C25H37IN4O3. The zero-order valence-electron chi connectivity index (χ0n) is 19.9. The van der Waals surface area contributed by atoms with Gasteiger partial charge in [0.2, 0.25) is 0 Å². The van der Waals surface area contributed by atoms with E-state index in [2.05, 4.69) is 69.9 Å². The van der Waals surface area contributed by atoms with Crippen molar-refractivity contribution in [2.24, 2.45) is 4.99 Å². The van der Waals surface area contributed by atoms with Gasteiger partial charge in [0.25, 0.3) is 0 Å². The topological polar surface area (TPSA) is 67.4 Å². The fourth-order valence-corrected chi connectivity index (χ4v) is 3.53. The van der Waals surface area contributed by atoms with Crippen LogP contribution in [0.2, 0.25) is 0 Å². The molecule has 0 bridgehead atoms. The van der Waals surface area contributed by atoms with Crippen molar-refractivity contribution in [3.05, 3.63) is 59.2 Å². The van der Waals surface area contributed by atoms with Crippen LogP contribution < -0.4 is 20.3 Å². The third kappa shape index (κ3) is 9.02. The summed E-state index contributed by atoms with van der Waals surface area (Å²) in [5, 5.41) is 6.78. The summed E-state index contributed by atoms with van der Waals surface area (Å²) in [4.78, 5) is 6.71. The second-order valence-electron chi connectivity index (χ2n) is 7.70. The highest BCUT2D eigenvalue weighted by molar-refractivity contribution is 14.0. The maximum Gasteiger partial charge on any atom is 0.191 e. The summed E-state index contributed by atoms with van der Waals surface area (Å²) in [5.41, 5.74) is 4.71. The Morgan fingerprint density at radius 3 is 2.45 bits per heavy atom. The summed E-state index contributed by atoms with van der Waals surface area (Å²) in [6.45, 7) is 10.7. The minimum Gasteiger partial charge on any atom is -0.491 e. The number of hydrogen-bond donors (Lipinski definition) is 2. The maximum absolute atomic E-state index is 5.94. The number of hydrogen-bond acceptors (Lipinski definition) is 5. The third-order valence-electron chi connectivity index (χ3n) is 5.35. The molecule has 1 fully saturated rings. The number of halogens is 1. The standard InChI is InChI=1S/C25H36N4O3.HI/c1-4-30-15-16-32-24-17-20(2)5-8-22(24)19-28-25(26-3)27-18-21-6-9-23(10-7-21)29-11-13-31-14-12-29;/h5-10,17H,4,11-16,18-19H2,1-3H3,(H2,26,27,28);1H. The zero-order chi connectivity index (χ0) is 22.6. The predicted octanol–water partition coefficient (Wildman–Crippen LogP) is 3.73. The molecule has 1 aliphatic heterocycles. The lowest BCUT2D eigenvalue weighted by Gasteiger charge is -2.28.